The van der Waals surface area contributed by atoms with Gasteiger partial charge in [0, 0.05) is 37.8 Å². The van der Waals surface area contributed by atoms with Crippen molar-refractivity contribution in [2.45, 2.75) is 38.6 Å². The predicted octanol–water partition coefficient (Wildman–Crippen LogP) is 5.58. The molecule has 3 rings (SSSR count). The smallest absolute Gasteiger partial charge is 0.226 e. The van der Waals surface area contributed by atoms with Crippen molar-refractivity contribution < 1.29 is 9.18 Å². The van der Waals surface area contributed by atoms with E-state index >= 15 is 0 Å². The molecule has 2 aromatic carbocycles. The van der Waals surface area contributed by atoms with Gasteiger partial charge < -0.3 is 9.80 Å². The molecule has 6 heteroatoms. The average molecular weight is 423 g/mol. The van der Waals surface area contributed by atoms with Crippen molar-refractivity contribution in [2.75, 3.05) is 24.5 Å². The van der Waals surface area contributed by atoms with Gasteiger partial charge in [-0.15, -0.1) is 0 Å². The zero-order valence-electron chi connectivity index (χ0n) is 16.0. The lowest BCUT2D eigenvalue weighted by atomic mass is 10.0. The van der Waals surface area contributed by atoms with Crippen LogP contribution in [-0.2, 0) is 11.2 Å². The van der Waals surface area contributed by atoms with Crippen molar-refractivity contribution >= 4 is 34.8 Å². The van der Waals surface area contributed by atoms with Crippen LogP contribution >= 0.6 is 23.2 Å². The van der Waals surface area contributed by atoms with Gasteiger partial charge in [-0.1, -0.05) is 42.3 Å². The molecule has 0 saturated carbocycles. The van der Waals surface area contributed by atoms with Gasteiger partial charge >= 0.3 is 0 Å². The molecule has 0 radical (unpaired) electrons. The summed E-state index contributed by atoms with van der Waals surface area (Å²) in [6.07, 6.45) is 3.17. The third kappa shape index (κ3) is 5.25. The molecule has 1 amide bonds. The highest BCUT2D eigenvalue weighted by Crippen LogP contribution is 2.31. The molecule has 1 aliphatic rings. The van der Waals surface area contributed by atoms with Gasteiger partial charge in [-0.2, -0.15) is 0 Å². The van der Waals surface area contributed by atoms with Crippen LogP contribution in [0.2, 0.25) is 10.0 Å². The summed E-state index contributed by atoms with van der Waals surface area (Å²) < 4.78 is 13.0. The van der Waals surface area contributed by atoms with Gasteiger partial charge in [0.1, 0.15) is 5.82 Å². The highest BCUT2D eigenvalue weighted by Gasteiger charge is 2.28. The van der Waals surface area contributed by atoms with Gasteiger partial charge in [0.05, 0.1) is 10.0 Å². The van der Waals surface area contributed by atoms with Gasteiger partial charge in [-0.25, -0.2) is 4.39 Å². The van der Waals surface area contributed by atoms with E-state index in [2.05, 4.69) is 4.90 Å². The summed E-state index contributed by atoms with van der Waals surface area (Å²) in [6.45, 7) is 4.68. The third-order valence-corrected chi connectivity index (χ3v) is 6.04. The van der Waals surface area contributed by atoms with E-state index in [-0.39, 0.29) is 17.8 Å². The number of anilines is 1. The quantitative estimate of drug-likeness (QED) is 0.606. The standard InChI is InChI=1S/C22H25Cl2FN2O/c1-2-22(28)27(19-7-8-20(23)21(24)15-19)18-10-13-26(14-11-18)12-9-16-3-5-17(25)6-4-16/h3-8,15,18H,2,9-14H2,1H3. The summed E-state index contributed by atoms with van der Waals surface area (Å²) >= 11 is 12.2. The SMILES string of the molecule is CCC(=O)N(c1ccc(Cl)c(Cl)c1)C1CCN(CCc2ccc(F)cc2)CC1. The number of benzene rings is 2. The Balaban J connectivity index is 1.61. The minimum Gasteiger partial charge on any atom is -0.309 e. The molecule has 150 valence electrons. The Labute approximate surface area is 176 Å². The van der Waals surface area contributed by atoms with Gasteiger partial charge in [0.2, 0.25) is 5.91 Å². The monoisotopic (exact) mass is 422 g/mol. The van der Waals surface area contributed by atoms with Crippen LogP contribution in [0.5, 0.6) is 0 Å². The zero-order chi connectivity index (χ0) is 20.1. The molecular formula is C22H25Cl2FN2O. The van der Waals surface area contributed by atoms with Crippen LogP contribution in [0.3, 0.4) is 0 Å². The van der Waals surface area contributed by atoms with E-state index in [1.165, 1.54) is 12.1 Å². The number of carbonyl (C=O) groups is 1. The summed E-state index contributed by atoms with van der Waals surface area (Å²) in [6, 6.07) is 12.2. The van der Waals surface area contributed by atoms with Crippen LogP contribution in [-0.4, -0.2) is 36.5 Å². The Morgan fingerprint density at radius 3 is 2.39 bits per heavy atom. The van der Waals surface area contributed by atoms with Crippen molar-refractivity contribution in [3.63, 3.8) is 0 Å². The van der Waals surface area contributed by atoms with Crippen molar-refractivity contribution in [1.82, 2.24) is 4.90 Å². The second kappa shape index (κ2) is 9.73. The summed E-state index contributed by atoms with van der Waals surface area (Å²) in [4.78, 5) is 16.9. The van der Waals surface area contributed by atoms with Gasteiger partial charge in [-0.05, 0) is 55.2 Å². The number of halogens is 3. The molecule has 28 heavy (non-hydrogen) atoms. The Hall–Kier alpha value is -1.62. The lowest BCUT2D eigenvalue weighted by molar-refractivity contribution is -0.119. The van der Waals surface area contributed by atoms with Crippen molar-refractivity contribution in [1.29, 1.82) is 0 Å². The molecule has 2 aromatic rings. The van der Waals surface area contributed by atoms with E-state index in [1.54, 1.807) is 12.1 Å². The number of amides is 1. The van der Waals surface area contributed by atoms with Crippen LogP contribution in [0, 0.1) is 5.82 Å². The molecule has 0 atom stereocenters. The molecule has 1 fully saturated rings. The number of hydrogen-bond acceptors (Lipinski definition) is 2. The predicted molar refractivity (Wildman–Crippen MR) is 114 cm³/mol. The molecule has 1 heterocycles. The molecule has 0 spiro atoms. The van der Waals surface area contributed by atoms with Crippen molar-refractivity contribution in [3.05, 3.63) is 63.9 Å². The van der Waals surface area contributed by atoms with E-state index < -0.39 is 0 Å². The first-order valence-corrected chi connectivity index (χ1v) is 10.5. The molecule has 3 nitrogen and oxygen atoms in total. The van der Waals surface area contributed by atoms with Crippen LogP contribution in [0.15, 0.2) is 42.5 Å². The first kappa shape index (κ1) is 21.1. The molecule has 1 saturated heterocycles. The van der Waals surface area contributed by atoms with Crippen LogP contribution in [0.25, 0.3) is 0 Å². The minimum atomic E-state index is -0.201. The number of rotatable bonds is 6. The van der Waals surface area contributed by atoms with Crippen molar-refractivity contribution in [2.24, 2.45) is 0 Å². The summed E-state index contributed by atoms with van der Waals surface area (Å²) in [5.41, 5.74) is 1.95. The lowest BCUT2D eigenvalue weighted by Gasteiger charge is -2.38. The third-order valence-electron chi connectivity index (χ3n) is 5.30. The maximum Gasteiger partial charge on any atom is 0.226 e. The topological polar surface area (TPSA) is 23.6 Å². The average Bonchev–Trinajstić information content (AvgIpc) is 2.71. The van der Waals surface area contributed by atoms with Crippen LogP contribution < -0.4 is 4.90 Å². The van der Waals surface area contributed by atoms with Crippen LogP contribution in [0.4, 0.5) is 10.1 Å². The molecule has 0 bridgehead atoms. The molecule has 0 unspecified atom stereocenters. The van der Waals surface area contributed by atoms with Crippen molar-refractivity contribution in [3.8, 4) is 0 Å². The Morgan fingerprint density at radius 1 is 1.11 bits per heavy atom. The van der Waals surface area contributed by atoms with Crippen LogP contribution in [0.1, 0.15) is 31.7 Å². The zero-order valence-corrected chi connectivity index (χ0v) is 17.5. The Kier molecular flexibility index (Phi) is 7.33. The highest BCUT2D eigenvalue weighted by atomic mass is 35.5. The summed E-state index contributed by atoms with van der Waals surface area (Å²) in [5.74, 6) is -0.101. The first-order chi connectivity index (χ1) is 13.5. The van der Waals surface area contributed by atoms with E-state index in [9.17, 15) is 9.18 Å². The second-order valence-electron chi connectivity index (χ2n) is 7.16. The van der Waals surface area contributed by atoms with Gasteiger partial charge in [-0.3, -0.25) is 4.79 Å². The van der Waals surface area contributed by atoms with Gasteiger partial charge in [0.25, 0.3) is 0 Å². The van der Waals surface area contributed by atoms with E-state index in [0.717, 1.165) is 50.1 Å². The molecule has 1 aliphatic heterocycles. The summed E-state index contributed by atoms with van der Waals surface area (Å²) in [7, 11) is 0. The summed E-state index contributed by atoms with van der Waals surface area (Å²) in [5, 5.41) is 0.953. The number of nitrogens with zero attached hydrogens (tertiary/aromatic N) is 2. The molecule has 0 N–H and O–H groups in total. The van der Waals surface area contributed by atoms with E-state index in [0.29, 0.717) is 16.5 Å². The number of carbonyl (C=O) groups excluding carboxylic acids is 1. The van der Waals surface area contributed by atoms with Gasteiger partial charge in [0.15, 0.2) is 0 Å². The molecule has 0 aromatic heterocycles. The first-order valence-electron chi connectivity index (χ1n) is 9.72. The highest BCUT2D eigenvalue weighted by molar-refractivity contribution is 6.42. The fourth-order valence-corrected chi connectivity index (χ4v) is 4.00. The number of likely N-dealkylation sites (tertiary alicyclic amines) is 1. The lowest BCUT2D eigenvalue weighted by Crippen LogP contribution is -2.47. The number of piperidine rings is 1. The second-order valence-corrected chi connectivity index (χ2v) is 7.98. The molecule has 0 aliphatic carbocycles. The fraction of sp³-hybridized carbons (Fsp3) is 0.409. The maximum atomic E-state index is 13.0. The fourth-order valence-electron chi connectivity index (χ4n) is 3.70. The van der Waals surface area contributed by atoms with E-state index in [4.69, 9.17) is 23.2 Å². The Morgan fingerprint density at radius 2 is 1.79 bits per heavy atom. The minimum absolute atomic E-state index is 0.100. The molecular weight excluding hydrogens is 398 g/mol. The maximum absolute atomic E-state index is 13.0. The Bertz CT molecular complexity index is 805. The normalized spacial score (nSPS) is 15.6. The van der Waals surface area contributed by atoms with E-state index in [1.807, 2.05) is 30.0 Å². The largest absolute Gasteiger partial charge is 0.309 e. The number of hydrogen-bond donors (Lipinski definition) is 0.